The van der Waals surface area contributed by atoms with Gasteiger partial charge >= 0.3 is 0 Å². The van der Waals surface area contributed by atoms with Crippen molar-refractivity contribution in [2.24, 2.45) is 0 Å². The van der Waals surface area contributed by atoms with E-state index < -0.39 is 0 Å². The molecule has 0 atom stereocenters. The predicted octanol–water partition coefficient (Wildman–Crippen LogP) is 1.96. The summed E-state index contributed by atoms with van der Waals surface area (Å²) in [7, 11) is 0. The van der Waals surface area contributed by atoms with Crippen molar-refractivity contribution in [2.75, 3.05) is 32.9 Å². The Kier molecular flexibility index (Phi) is 7.88. The topological polar surface area (TPSA) is 30.5 Å². The first-order valence-electron chi connectivity index (χ1n) is 6.33. The fourth-order valence-corrected chi connectivity index (χ4v) is 1.75. The number of unbranched alkanes of at least 4 members (excludes halogenated alkanes) is 1. The molecule has 1 saturated heterocycles. The molecule has 1 heterocycles. The van der Waals surface area contributed by atoms with Crippen LogP contribution in [-0.4, -0.2) is 39.0 Å². The predicted molar refractivity (Wildman–Crippen MR) is 62.2 cm³/mol. The van der Waals surface area contributed by atoms with Gasteiger partial charge < -0.3 is 14.8 Å². The smallest absolute Gasteiger partial charge is 0.0619 e. The van der Waals surface area contributed by atoms with E-state index in [1.54, 1.807) is 0 Å². The summed E-state index contributed by atoms with van der Waals surface area (Å²) >= 11 is 0. The van der Waals surface area contributed by atoms with Gasteiger partial charge in [-0.1, -0.05) is 6.92 Å². The molecule has 1 aliphatic heterocycles. The largest absolute Gasteiger partial charge is 0.381 e. The average molecular weight is 215 g/mol. The molecule has 0 spiro atoms. The van der Waals surface area contributed by atoms with Crippen LogP contribution in [0.2, 0.25) is 0 Å². The molecule has 0 saturated carbocycles. The highest BCUT2D eigenvalue weighted by molar-refractivity contribution is 4.62. The lowest BCUT2D eigenvalue weighted by Crippen LogP contribution is -2.24. The summed E-state index contributed by atoms with van der Waals surface area (Å²) in [6.45, 7) is 7.14. The van der Waals surface area contributed by atoms with Crippen LogP contribution >= 0.6 is 0 Å². The van der Waals surface area contributed by atoms with Crippen LogP contribution in [0.3, 0.4) is 0 Å². The Morgan fingerprint density at radius 1 is 1.20 bits per heavy atom. The maximum absolute atomic E-state index is 5.78. The second kappa shape index (κ2) is 9.13. The third kappa shape index (κ3) is 6.88. The Morgan fingerprint density at radius 2 is 2.00 bits per heavy atom. The molecule has 0 bridgehead atoms. The van der Waals surface area contributed by atoms with Crippen molar-refractivity contribution in [1.29, 1.82) is 0 Å². The quantitative estimate of drug-likeness (QED) is 0.628. The zero-order chi connectivity index (χ0) is 10.8. The van der Waals surface area contributed by atoms with Gasteiger partial charge in [0.15, 0.2) is 0 Å². The Morgan fingerprint density at radius 3 is 2.73 bits per heavy atom. The van der Waals surface area contributed by atoms with E-state index in [0.29, 0.717) is 6.10 Å². The molecule has 0 aliphatic carbocycles. The Balaban J connectivity index is 1.79. The first-order valence-corrected chi connectivity index (χ1v) is 6.33. The Labute approximate surface area is 93.5 Å². The molecule has 1 fully saturated rings. The van der Waals surface area contributed by atoms with Gasteiger partial charge in [-0.3, -0.25) is 0 Å². The van der Waals surface area contributed by atoms with Crippen molar-refractivity contribution >= 4 is 0 Å². The van der Waals surface area contributed by atoms with E-state index in [2.05, 4.69) is 12.2 Å². The number of nitrogens with one attached hydrogen (secondary N) is 1. The third-order valence-corrected chi connectivity index (χ3v) is 2.70. The van der Waals surface area contributed by atoms with Crippen molar-refractivity contribution < 1.29 is 9.47 Å². The van der Waals surface area contributed by atoms with Crippen molar-refractivity contribution in [3.05, 3.63) is 0 Å². The number of rotatable bonds is 8. The normalized spacial score (nSPS) is 18.2. The molecule has 0 radical (unpaired) electrons. The lowest BCUT2D eigenvalue weighted by atomic mass is 10.1. The van der Waals surface area contributed by atoms with Crippen LogP contribution in [-0.2, 0) is 9.47 Å². The molecule has 1 N–H and O–H groups in total. The lowest BCUT2D eigenvalue weighted by molar-refractivity contribution is -0.0326. The SMILES string of the molecule is CCCNCCCCOC1CCOCC1. The molecule has 0 aromatic heterocycles. The van der Waals surface area contributed by atoms with Crippen molar-refractivity contribution in [2.45, 2.75) is 45.1 Å². The highest BCUT2D eigenvalue weighted by Gasteiger charge is 2.13. The van der Waals surface area contributed by atoms with E-state index in [0.717, 1.165) is 45.8 Å². The van der Waals surface area contributed by atoms with Crippen molar-refractivity contribution in [3.8, 4) is 0 Å². The van der Waals surface area contributed by atoms with E-state index in [1.807, 2.05) is 0 Å². The van der Waals surface area contributed by atoms with Gasteiger partial charge in [-0.15, -0.1) is 0 Å². The summed E-state index contributed by atoms with van der Waals surface area (Å²) in [5.74, 6) is 0. The number of hydrogen-bond acceptors (Lipinski definition) is 3. The van der Waals surface area contributed by atoms with Gasteiger partial charge in [0.05, 0.1) is 6.10 Å². The zero-order valence-electron chi connectivity index (χ0n) is 9.96. The summed E-state index contributed by atoms with van der Waals surface area (Å²) in [6, 6.07) is 0. The van der Waals surface area contributed by atoms with Crippen molar-refractivity contribution in [1.82, 2.24) is 5.32 Å². The van der Waals surface area contributed by atoms with Crippen LogP contribution in [0.1, 0.15) is 39.0 Å². The van der Waals surface area contributed by atoms with E-state index in [1.165, 1.54) is 19.3 Å². The van der Waals surface area contributed by atoms with Crippen LogP contribution in [0.4, 0.5) is 0 Å². The van der Waals surface area contributed by atoms with Crippen LogP contribution in [0.15, 0.2) is 0 Å². The minimum absolute atomic E-state index is 0.461. The molecule has 0 aromatic rings. The molecule has 0 amide bonds. The van der Waals surface area contributed by atoms with E-state index in [4.69, 9.17) is 9.47 Å². The van der Waals surface area contributed by atoms with Gasteiger partial charge in [-0.2, -0.15) is 0 Å². The Bertz CT molecular complexity index is 136. The van der Waals surface area contributed by atoms with Crippen LogP contribution < -0.4 is 5.32 Å². The summed E-state index contributed by atoms with van der Waals surface area (Å²) in [5.41, 5.74) is 0. The summed E-state index contributed by atoms with van der Waals surface area (Å²) in [4.78, 5) is 0. The van der Waals surface area contributed by atoms with E-state index in [9.17, 15) is 0 Å². The number of ether oxygens (including phenoxy) is 2. The molecule has 0 unspecified atom stereocenters. The van der Waals surface area contributed by atoms with Crippen LogP contribution in [0.5, 0.6) is 0 Å². The summed E-state index contributed by atoms with van der Waals surface area (Å²) in [5, 5.41) is 3.40. The third-order valence-electron chi connectivity index (χ3n) is 2.70. The first-order chi connectivity index (χ1) is 7.43. The second-order valence-corrected chi connectivity index (χ2v) is 4.14. The van der Waals surface area contributed by atoms with Gasteiger partial charge in [0.1, 0.15) is 0 Å². The number of hydrogen-bond donors (Lipinski definition) is 1. The van der Waals surface area contributed by atoms with Gasteiger partial charge in [0.2, 0.25) is 0 Å². The second-order valence-electron chi connectivity index (χ2n) is 4.14. The van der Waals surface area contributed by atoms with E-state index in [-0.39, 0.29) is 0 Å². The minimum atomic E-state index is 0.461. The van der Waals surface area contributed by atoms with Gasteiger partial charge in [-0.05, 0) is 45.2 Å². The monoisotopic (exact) mass is 215 g/mol. The highest BCUT2D eigenvalue weighted by atomic mass is 16.5. The standard InChI is InChI=1S/C12H25NO2/c1-2-7-13-8-3-4-9-15-12-5-10-14-11-6-12/h12-13H,2-11H2,1H3. The molecule has 1 aliphatic rings. The first kappa shape index (κ1) is 12.9. The molecular weight excluding hydrogens is 190 g/mol. The Hall–Kier alpha value is -0.120. The van der Waals surface area contributed by atoms with Crippen LogP contribution in [0, 0.1) is 0 Å². The van der Waals surface area contributed by atoms with E-state index >= 15 is 0 Å². The lowest BCUT2D eigenvalue weighted by Gasteiger charge is -2.22. The average Bonchev–Trinajstić information content (AvgIpc) is 2.29. The van der Waals surface area contributed by atoms with Gasteiger partial charge in [0, 0.05) is 19.8 Å². The fourth-order valence-electron chi connectivity index (χ4n) is 1.75. The molecule has 1 rings (SSSR count). The summed E-state index contributed by atoms with van der Waals surface area (Å²) < 4.78 is 11.1. The fraction of sp³-hybridized carbons (Fsp3) is 1.00. The molecular formula is C12H25NO2. The molecule has 0 aromatic carbocycles. The van der Waals surface area contributed by atoms with Gasteiger partial charge in [0.25, 0.3) is 0 Å². The maximum Gasteiger partial charge on any atom is 0.0619 e. The van der Waals surface area contributed by atoms with Crippen LogP contribution in [0.25, 0.3) is 0 Å². The molecule has 3 nitrogen and oxygen atoms in total. The zero-order valence-corrected chi connectivity index (χ0v) is 9.96. The maximum atomic E-state index is 5.78. The van der Waals surface area contributed by atoms with Crippen molar-refractivity contribution in [3.63, 3.8) is 0 Å². The molecule has 90 valence electrons. The highest BCUT2D eigenvalue weighted by Crippen LogP contribution is 2.10. The van der Waals surface area contributed by atoms with Gasteiger partial charge in [-0.25, -0.2) is 0 Å². The minimum Gasteiger partial charge on any atom is -0.381 e. The molecule has 3 heteroatoms. The summed E-state index contributed by atoms with van der Waals surface area (Å²) in [6.07, 6.45) is 6.24. The molecule has 15 heavy (non-hydrogen) atoms.